The molecule has 2 amide bonds. The summed E-state index contributed by atoms with van der Waals surface area (Å²) >= 11 is 1.33. The maximum atomic E-state index is 12.6. The van der Waals surface area contributed by atoms with Gasteiger partial charge in [-0.3, -0.25) is 4.79 Å². The van der Waals surface area contributed by atoms with Gasteiger partial charge in [0.05, 0.1) is 12.0 Å². The Morgan fingerprint density at radius 1 is 1.46 bits per heavy atom. The third-order valence-corrected chi connectivity index (χ3v) is 5.69. The largest absolute Gasteiger partial charge is 0.480 e. The monoisotopic (exact) mass is 358 g/mol. The number of thioether (sulfide) groups is 1. The number of fused-ring (bicyclic) bond motifs is 1. The van der Waals surface area contributed by atoms with E-state index in [0.717, 1.165) is 19.3 Å². The van der Waals surface area contributed by atoms with Crippen LogP contribution in [-0.4, -0.2) is 51.4 Å². The van der Waals surface area contributed by atoms with Crippen LogP contribution in [0.25, 0.3) is 0 Å². The van der Waals surface area contributed by atoms with E-state index in [1.165, 1.54) is 16.7 Å². The van der Waals surface area contributed by atoms with Crippen LogP contribution in [0, 0.1) is 11.8 Å². The summed E-state index contributed by atoms with van der Waals surface area (Å²) < 4.78 is 5.04. The fraction of sp³-hybridized carbons (Fsp3) is 0.812. The number of hydrogen-bond donors (Lipinski definition) is 2. The summed E-state index contributed by atoms with van der Waals surface area (Å²) in [6, 6.07) is -1.04. The lowest BCUT2D eigenvalue weighted by Gasteiger charge is -2.24. The van der Waals surface area contributed by atoms with E-state index in [1.807, 2.05) is 6.92 Å². The van der Waals surface area contributed by atoms with Gasteiger partial charge in [0.1, 0.15) is 5.37 Å². The first-order valence-corrected chi connectivity index (χ1v) is 9.43. The summed E-state index contributed by atoms with van der Waals surface area (Å²) in [5.41, 5.74) is 0. The fourth-order valence-corrected chi connectivity index (χ4v) is 4.84. The molecule has 2 aliphatic heterocycles. The zero-order chi connectivity index (χ0) is 17.9. The van der Waals surface area contributed by atoms with Gasteiger partial charge in [-0.2, -0.15) is 0 Å². The second-order valence-corrected chi connectivity index (χ2v) is 8.06. The Hall–Kier alpha value is -1.44. The Kier molecular flexibility index (Phi) is 6.37. The molecule has 2 saturated heterocycles. The van der Waals surface area contributed by atoms with E-state index in [0.29, 0.717) is 18.9 Å². The zero-order valence-corrected chi connectivity index (χ0v) is 15.2. The number of amides is 2. The summed E-state index contributed by atoms with van der Waals surface area (Å²) in [6.45, 7) is 6.40. The highest BCUT2D eigenvalue weighted by atomic mass is 32.2. The number of alkyl carbamates (subject to hydrolysis) is 1. The van der Waals surface area contributed by atoms with Crippen LogP contribution < -0.4 is 5.32 Å². The van der Waals surface area contributed by atoms with E-state index in [1.54, 1.807) is 0 Å². The van der Waals surface area contributed by atoms with Gasteiger partial charge in [0.2, 0.25) is 5.91 Å². The van der Waals surface area contributed by atoms with Crippen molar-refractivity contribution in [1.82, 2.24) is 10.2 Å². The maximum absolute atomic E-state index is 12.6. The van der Waals surface area contributed by atoms with Crippen molar-refractivity contribution in [3.63, 3.8) is 0 Å². The predicted octanol–water partition coefficient (Wildman–Crippen LogP) is 2.26. The normalized spacial score (nSPS) is 29.0. The number of carbonyl (C=O) groups excluding carboxylic acids is 2. The van der Waals surface area contributed by atoms with Crippen molar-refractivity contribution in [2.24, 2.45) is 11.8 Å². The Morgan fingerprint density at radius 3 is 2.75 bits per heavy atom. The highest BCUT2D eigenvalue weighted by molar-refractivity contribution is 8.00. The average molecular weight is 358 g/mol. The van der Waals surface area contributed by atoms with Gasteiger partial charge in [0.25, 0.3) is 0 Å². The number of nitrogens with one attached hydrogen (secondary N) is 1. The minimum Gasteiger partial charge on any atom is -0.480 e. The topological polar surface area (TPSA) is 95.9 Å². The van der Waals surface area contributed by atoms with Gasteiger partial charge in [-0.05, 0) is 25.2 Å². The van der Waals surface area contributed by atoms with Crippen LogP contribution in [0.4, 0.5) is 4.79 Å². The number of carboxylic acid groups (broad SMARTS) is 1. The number of ether oxygens (including phenoxy) is 1. The number of hydrogen-bond acceptors (Lipinski definition) is 5. The molecule has 136 valence electrons. The molecule has 2 N–H and O–H groups in total. The summed E-state index contributed by atoms with van der Waals surface area (Å²) in [5, 5.41) is 11.3. The Balaban J connectivity index is 2.01. The number of carbonyl (C=O) groups is 3. The van der Waals surface area contributed by atoms with Crippen molar-refractivity contribution in [2.45, 2.75) is 63.2 Å². The third kappa shape index (κ3) is 4.15. The molecule has 8 heteroatoms. The van der Waals surface area contributed by atoms with Crippen molar-refractivity contribution >= 4 is 29.7 Å². The van der Waals surface area contributed by atoms with Crippen LogP contribution >= 0.6 is 11.8 Å². The Labute approximate surface area is 146 Å². The SMILES string of the molecule is CCCCOC(=O)NC1SC2CC(CC(C)C)C(=O)N2C1C(=O)O. The van der Waals surface area contributed by atoms with Crippen LogP contribution in [-0.2, 0) is 14.3 Å². The third-order valence-electron chi connectivity index (χ3n) is 4.29. The van der Waals surface area contributed by atoms with Gasteiger partial charge in [-0.25, -0.2) is 9.59 Å². The molecule has 0 aromatic heterocycles. The lowest BCUT2D eigenvalue weighted by molar-refractivity contribution is -0.149. The molecule has 0 bridgehead atoms. The molecule has 0 saturated carbocycles. The van der Waals surface area contributed by atoms with Gasteiger partial charge in [-0.1, -0.05) is 27.2 Å². The van der Waals surface area contributed by atoms with Crippen LogP contribution in [0.1, 0.15) is 46.5 Å². The standard InChI is InChI=1S/C16H26N2O5S/c1-4-5-6-23-16(22)17-13-12(15(20)21)18-11(24-13)8-10(14(18)19)7-9(2)3/h9-13H,4-8H2,1-3H3,(H,17,22)(H,20,21). The van der Waals surface area contributed by atoms with Crippen molar-refractivity contribution < 1.29 is 24.2 Å². The molecule has 24 heavy (non-hydrogen) atoms. The number of aliphatic carboxylic acids is 1. The zero-order valence-electron chi connectivity index (χ0n) is 14.4. The van der Waals surface area contributed by atoms with E-state index in [4.69, 9.17) is 4.74 Å². The summed E-state index contributed by atoms with van der Waals surface area (Å²) in [6.07, 6.45) is 2.44. The molecule has 4 atom stereocenters. The molecular weight excluding hydrogens is 332 g/mol. The van der Waals surface area contributed by atoms with Crippen LogP contribution in [0.5, 0.6) is 0 Å². The number of carboxylic acids is 1. The molecule has 2 fully saturated rings. The summed E-state index contributed by atoms with van der Waals surface area (Å²) in [4.78, 5) is 37.5. The van der Waals surface area contributed by atoms with Gasteiger partial charge in [-0.15, -0.1) is 11.8 Å². The molecule has 2 aliphatic rings. The maximum Gasteiger partial charge on any atom is 0.408 e. The Morgan fingerprint density at radius 2 is 2.17 bits per heavy atom. The van der Waals surface area contributed by atoms with E-state index in [2.05, 4.69) is 19.2 Å². The molecular formula is C16H26N2O5S. The highest BCUT2D eigenvalue weighted by Crippen LogP contribution is 2.45. The number of rotatable bonds is 7. The van der Waals surface area contributed by atoms with Crippen LogP contribution in [0.2, 0.25) is 0 Å². The summed E-state index contributed by atoms with van der Waals surface area (Å²) in [5.74, 6) is -0.948. The summed E-state index contributed by atoms with van der Waals surface area (Å²) in [7, 11) is 0. The highest BCUT2D eigenvalue weighted by Gasteiger charge is 2.55. The first-order valence-electron chi connectivity index (χ1n) is 8.48. The quantitative estimate of drug-likeness (QED) is 0.678. The fourth-order valence-electron chi connectivity index (χ4n) is 3.23. The van der Waals surface area contributed by atoms with E-state index < -0.39 is 23.5 Å². The van der Waals surface area contributed by atoms with Gasteiger partial charge < -0.3 is 20.1 Å². The lowest BCUT2D eigenvalue weighted by atomic mass is 9.96. The average Bonchev–Trinajstić information content (AvgIpc) is 2.96. The molecule has 4 unspecified atom stereocenters. The second-order valence-electron chi connectivity index (χ2n) is 6.74. The smallest absolute Gasteiger partial charge is 0.408 e. The molecule has 7 nitrogen and oxygen atoms in total. The molecule has 0 radical (unpaired) electrons. The molecule has 2 rings (SSSR count). The first-order chi connectivity index (χ1) is 11.3. The molecule has 0 aromatic carbocycles. The minimum absolute atomic E-state index is 0.114. The van der Waals surface area contributed by atoms with E-state index in [-0.39, 0.29) is 17.2 Å². The van der Waals surface area contributed by atoms with Gasteiger partial charge in [0, 0.05) is 5.92 Å². The van der Waals surface area contributed by atoms with Crippen molar-refractivity contribution in [3.8, 4) is 0 Å². The molecule has 0 aromatic rings. The predicted molar refractivity (Wildman–Crippen MR) is 90.4 cm³/mol. The van der Waals surface area contributed by atoms with Crippen molar-refractivity contribution in [1.29, 1.82) is 0 Å². The minimum atomic E-state index is -1.09. The van der Waals surface area contributed by atoms with E-state index in [9.17, 15) is 19.5 Å². The second kappa shape index (κ2) is 8.09. The first kappa shape index (κ1) is 18.9. The van der Waals surface area contributed by atoms with Crippen molar-refractivity contribution in [3.05, 3.63) is 0 Å². The lowest BCUT2D eigenvalue weighted by Crippen LogP contribution is -2.51. The molecule has 0 aliphatic carbocycles. The number of nitrogens with zero attached hydrogens (tertiary/aromatic N) is 1. The molecule has 2 heterocycles. The van der Waals surface area contributed by atoms with Gasteiger partial charge >= 0.3 is 12.1 Å². The van der Waals surface area contributed by atoms with Gasteiger partial charge in [0.15, 0.2) is 6.04 Å². The van der Waals surface area contributed by atoms with E-state index >= 15 is 0 Å². The van der Waals surface area contributed by atoms with Crippen molar-refractivity contribution in [2.75, 3.05) is 6.61 Å². The Bertz CT molecular complexity index is 499. The molecule has 0 spiro atoms. The van der Waals surface area contributed by atoms with Crippen LogP contribution in [0.15, 0.2) is 0 Å². The number of unbranched alkanes of at least 4 members (excludes halogenated alkanes) is 1. The van der Waals surface area contributed by atoms with Crippen LogP contribution in [0.3, 0.4) is 0 Å².